The standard InChI is InChI=1S/C23H31ClN4O3/c1-3-16-13-30-8-7-28(16)23-26-21-19(9-14(24)10-20(21)31-23)22(29)25-15-11-17-5-4-6-18(12-15)27(17)2/h9-10,15-18H,3-8,11-13H2,1-2H3,(H,25,29)/t15?,16-,17?,18?/m0/s1. The van der Waals surface area contributed by atoms with Gasteiger partial charge in [-0.3, -0.25) is 4.79 Å². The molecule has 5 rings (SSSR count). The Balaban J connectivity index is 1.40. The van der Waals surface area contributed by atoms with E-state index < -0.39 is 0 Å². The van der Waals surface area contributed by atoms with Gasteiger partial charge in [0.2, 0.25) is 0 Å². The van der Waals surface area contributed by atoms with E-state index in [1.807, 2.05) is 0 Å². The first kappa shape index (κ1) is 21.0. The number of piperidine rings is 2. The van der Waals surface area contributed by atoms with Gasteiger partial charge in [-0.25, -0.2) is 0 Å². The molecule has 2 bridgehead atoms. The van der Waals surface area contributed by atoms with Crippen LogP contribution in [0, 0.1) is 0 Å². The predicted molar refractivity (Wildman–Crippen MR) is 121 cm³/mol. The molecule has 1 aromatic heterocycles. The third-order valence-electron chi connectivity index (χ3n) is 7.31. The molecule has 3 aliphatic rings. The van der Waals surface area contributed by atoms with Gasteiger partial charge in [-0.1, -0.05) is 24.9 Å². The highest BCUT2D eigenvalue weighted by Gasteiger charge is 2.37. The van der Waals surface area contributed by atoms with E-state index >= 15 is 0 Å². The maximum atomic E-state index is 13.3. The number of carbonyl (C=O) groups is 1. The van der Waals surface area contributed by atoms with Gasteiger partial charge in [0.25, 0.3) is 11.9 Å². The number of carbonyl (C=O) groups excluding carboxylic acids is 1. The number of nitrogens with one attached hydrogen (secondary N) is 1. The van der Waals surface area contributed by atoms with E-state index in [9.17, 15) is 4.79 Å². The molecule has 3 aliphatic heterocycles. The smallest absolute Gasteiger partial charge is 0.298 e. The summed E-state index contributed by atoms with van der Waals surface area (Å²) in [5, 5.41) is 3.75. The first-order valence-electron chi connectivity index (χ1n) is 11.5. The largest absolute Gasteiger partial charge is 0.423 e. The molecule has 3 saturated heterocycles. The molecule has 7 nitrogen and oxygen atoms in total. The molecule has 2 unspecified atom stereocenters. The lowest BCUT2D eigenvalue weighted by Crippen LogP contribution is -2.55. The summed E-state index contributed by atoms with van der Waals surface area (Å²) in [6.45, 7) is 4.14. The van der Waals surface area contributed by atoms with Crippen molar-refractivity contribution in [2.45, 2.75) is 69.6 Å². The summed E-state index contributed by atoms with van der Waals surface area (Å²) >= 11 is 6.35. The van der Waals surface area contributed by atoms with E-state index in [4.69, 9.17) is 25.7 Å². The number of ether oxygens (including phenoxy) is 1. The Morgan fingerprint density at radius 3 is 2.81 bits per heavy atom. The maximum absolute atomic E-state index is 13.3. The minimum Gasteiger partial charge on any atom is -0.423 e. The zero-order valence-corrected chi connectivity index (χ0v) is 19.0. The van der Waals surface area contributed by atoms with Crippen molar-refractivity contribution in [2.75, 3.05) is 31.7 Å². The lowest BCUT2D eigenvalue weighted by molar-refractivity contribution is 0.0463. The normalized spacial score (nSPS) is 29.3. The molecule has 0 saturated carbocycles. The van der Waals surface area contributed by atoms with E-state index in [2.05, 4.69) is 29.1 Å². The molecule has 1 N–H and O–H groups in total. The van der Waals surface area contributed by atoms with E-state index in [1.165, 1.54) is 19.3 Å². The third-order valence-corrected chi connectivity index (χ3v) is 7.53. The third kappa shape index (κ3) is 4.03. The molecule has 1 aromatic carbocycles. The van der Waals surface area contributed by atoms with E-state index in [-0.39, 0.29) is 18.0 Å². The Morgan fingerprint density at radius 2 is 2.06 bits per heavy atom. The Kier molecular flexibility index (Phi) is 5.84. The van der Waals surface area contributed by atoms with Gasteiger partial charge in [0.15, 0.2) is 5.58 Å². The number of morpholine rings is 1. The van der Waals surface area contributed by atoms with Crippen molar-refractivity contribution >= 4 is 34.6 Å². The summed E-state index contributed by atoms with van der Waals surface area (Å²) in [6, 6.07) is 5.50. The predicted octanol–water partition coefficient (Wildman–Crippen LogP) is 3.84. The second kappa shape index (κ2) is 8.60. The van der Waals surface area contributed by atoms with Gasteiger partial charge in [0.1, 0.15) is 5.52 Å². The average Bonchev–Trinajstić information content (AvgIpc) is 3.17. The fraction of sp³-hybridized carbons (Fsp3) is 0.652. The molecular formula is C23H31ClN4O3. The van der Waals surface area contributed by atoms with Crippen LogP contribution >= 0.6 is 11.6 Å². The van der Waals surface area contributed by atoms with Crippen molar-refractivity contribution in [1.29, 1.82) is 0 Å². The monoisotopic (exact) mass is 446 g/mol. The number of anilines is 1. The van der Waals surface area contributed by atoms with Gasteiger partial charge in [-0.05, 0) is 45.2 Å². The van der Waals surface area contributed by atoms with Gasteiger partial charge in [0.05, 0.1) is 24.8 Å². The Morgan fingerprint density at radius 1 is 1.29 bits per heavy atom. The van der Waals surface area contributed by atoms with Crippen LogP contribution in [0.3, 0.4) is 0 Å². The van der Waals surface area contributed by atoms with Crippen LogP contribution in [-0.4, -0.2) is 66.8 Å². The van der Waals surface area contributed by atoms with Gasteiger partial charge in [-0.15, -0.1) is 0 Å². The van der Waals surface area contributed by atoms with Crippen LogP contribution < -0.4 is 10.2 Å². The van der Waals surface area contributed by atoms with Crippen LogP contribution in [-0.2, 0) is 4.74 Å². The molecule has 0 radical (unpaired) electrons. The number of rotatable bonds is 4. The van der Waals surface area contributed by atoms with Gasteiger partial charge in [-0.2, -0.15) is 4.98 Å². The number of hydrogen-bond donors (Lipinski definition) is 1. The number of oxazole rings is 1. The molecule has 0 spiro atoms. The number of amides is 1. The molecular weight excluding hydrogens is 416 g/mol. The summed E-state index contributed by atoms with van der Waals surface area (Å²) in [5.41, 5.74) is 1.61. The van der Waals surface area contributed by atoms with Crippen molar-refractivity contribution in [3.05, 3.63) is 22.7 Å². The number of halogens is 1. The van der Waals surface area contributed by atoms with E-state index in [1.54, 1.807) is 12.1 Å². The number of benzene rings is 1. The van der Waals surface area contributed by atoms with Crippen LogP contribution in [0.15, 0.2) is 16.5 Å². The fourth-order valence-electron chi connectivity index (χ4n) is 5.52. The molecule has 31 heavy (non-hydrogen) atoms. The second-order valence-electron chi connectivity index (χ2n) is 9.17. The quantitative estimate of drug-likeness (QED) is 0.769. The first-order chi connectivity index (χ1) is 15.0. The highest BCUT2D eigenvalue weighted by Crippen LogP contribution is 2.34. The maximum Gasteiger partial charge on any atom is 0.298 e. The molecule has 8 heteroatoms. The van der Waals surface area contributed by atoms with E-state index in [0.717, 1.165) is 25.8 Å². The van der Waals surface area contributed by atoms with Crippen LogP contribution in [0.4, 0.5) is 6.01 Å². The van der Waals surface area contributed by atoms with E-state index in [0.29, 0.717) is 53.0 Å². The topological polar surface area (TPSA) is 70.8 Å². The molecule has 1 amide bonds. The lowest BCUT2D eigenvalue weighted by Gasteiger charge is -2.47. The highest BCUT2D eigenvalue weighted by molar-refractivity contribution is 6.32. The lowest BCUT2D eigenvalue weighted by atomic mass is 9.82. The van der Waals surface area contributed by atoms with Crippen molar-refractivity contribution in [1.82, 2.24) is 15.2 Å². The minimum absolute atomic E-state index is 0.117. The fourth-order valence-corrected chi connectivity index (χ4v) is 5.73. The second-order valence-corrected chi connectivity index (χ2v) is 9.61. The van der Waals surface area contributed by atoms with Crippen molar-refractivity contribution < 1.29 is 13.9 Å². The van der Waals surface area contributed by atoms with Crippen molar-refractivity contribution in [3.63, 3.8) is 0 Å². The number of aromatic nitrogens is 1. The van der Waals surface area contributed by atoms with Crippen molar-refractivity contribution in [2.24, 2.45) is 0 Å². The van der Waals surface area contributed by atoms with Crippen LogP contribution in [0.5, 0.6) is 0 Å². The summed E-state index contributed by atoms with van der Waals surface area (Å²) in [7, 11) is 2.22. The summed E-state index contributed by atoms with van der Waals surface area (Å²) in [5.74, 6) is -0.117. The van der Waals surface area contributed by atoms with Crippen LogP contribution in [0.2, 0.25) is 5.02 Å². The number of fused-ring (bicyclic) bond motifs is 3. The zero-order valence-electron chi connectivity index (χ0n) is 18.3. The SMILES string of the molecule is CC[C@H]1COCCN1c1nc2c(C(=O)NC3CC4CCCC(C3)N4C)cc(Cl)cc2o1. The summed E-state index contributed by atoms with van der Waals surface area (Å²) in [4.78, 5) is 22.7. The molecule has 4 heterocycles. The molecule has 3 atom stereocenters. The molecule has 0 aliphatic carbocycles. The van der Waals surface area contributed by atoms with Crippen LogP contribution in [0.25, 0.3) is 11.1 Å². The summed E-state index contributed by atoms with van der Waals surface area (Å²) < 4.78 is 11.7. The Hall–Kier alpha value is -1.83. The zero-order chi connectivity index (χ0) is 21.5. The van der Waals surface area contributed by atoms with Gasteiger partial charge in [0, 0.05) is 35.8 Å². The number of hydrogen-bond acceptors (Lipinski definition) is 6. The van der Waals surface area contributed by atoms with Crippen LogP contribution in [0.1, 0.15) is 55.8 Å². The highest BCUT2D eigenvalue weighted by atomic mass is 35.5. The molecule has 168 valence electrons. The Labute approximate surface area is 188 Å². The first-order valence-corrected chi connectivity index (χ1v) is 11.9. The molecule has 3 fully saturated rings. The Bertz CT molecular complexity index is 950. The number of nitrogens with zero attached hydrogens (tertiary/aromatic N) is 3. The minimum atomic E-state index is -0.117. The van der Waals surface area contributed by atoms with Gasteiger partial charge >= 0.3 is 0 Å². The van der Waals surface area contributed by atoms with Gasteiger partial charge < -0.3 is 24.3 Å². The average molecular weight is 447 g/mol. The summed E-state index contributed by atoms with van der Waals surface area (Å²) in [6.07, 6.45) is 6.65. The molecule has 2 aromatic rings. The van der Waals surface area contributed by atoms with Crippen molar-refractivity contribution in [3.8, 4) is 0 Å².